The van der Waals surface area contributed by atoms with Crippen LogP contribution in [0.5, 0.6) is 0 Å². The topological polar surface area (TPSA) is 107 Å². The third-order valence-corrected chi connectivity index (χ3v) is 6.09. The largest absolute Gasteiger partial charge is 0.464 e. The number of carbonyl (C=O) groups is 2. The summed E-state index contributed by atoms with van der Waals surface area (Å²) in [6.07, 6.45) is 1.26. The van der Waals surface area contributed by atoms with Gasteiger partial charge in [-0.05, 0) is 38.3 Å². The van der Waals surface area contributed by atoms with Gasteiger partial charge in [-0.3, -0.25) is 4.79 Å². The minimum atomic E-state index is -3.84. The van der Waals surface area contributed by atoms with E-state index in [-0.39, 0.29) is 16.7 Å². The lowest BCUT2D eigenvalue weighted by molar-refractivity contribution is -0.147. The number of thiophene rings is 1. The van der Waals surface area contributed by atoms with Crippen molar-refractivity contribution in [3.8, 4) is 0 Å². The number of sulfonamides is 1. The number of aryl methyl sites for hydroxylation is 1. The number of carbonyl (C=O) groups excluding carboxylic acids is 2. The van der Waals surface area contributed by atoms with E-state index in [1.54, 1.807) is 13.8 Å². The van der Waals surface area contributed by atoms with Crippen LogP contribution in [0.1, 0.15) is 35.0 Å². The molecule has 2 N–H and O–H groups in total. The third kappa shape index (κ3) is 3.31. The van der Waals surface area contributed by atoms with Crippen molar-refractivity contribution in [1.29, 1.82) is 0 Å². The number of hydrogen-bond acceptors (Lipinski definition) is 6. The fraction of sp³-hybridized carbons (Fsp3) is 0.538. The molecule has 22 heavy (non-hydrogen) atoms. The zero-order valence-corrected chi connectivity index (χ0v) is 14.0. The number of primary sulfonamides is 1. The fourth-order valence-electron chi connectivity index (χ4n) is 2.43. The number of rotatable bonds is 4. The maximum absolute atomic E-state index is 12.6. The van der Waals surface area contributed by atoms with Crippen molar-refractivity contribution in [2.24, 2.45) is 5.14 Å². The Labute approximate surface area is 133 Å². The molecule has 2 heterocycles. The summed E-state index contributed by atoms with van der Waals surface area (Å²) in [5, 5.41) is 5.09. The Balaban J connectivity index is 2.28. The summed E-state index contributed by atoms with van der Waals surface area (Å²) >= 11 is 0.832. The van der Waals surface area contributed by atoms with Crippen molar-refractivity contribution in [2.75, 3.05) is 13.2 Å². The molecule has 1 atom stereocenters. The minimum absolute atomic E-state index is 0.0553. The Hall–Kier alpha value is -1.45. The highest BCUT2D eigenvalue weighted by atomic mass is 32.2. The Morgan fingerprint density at radius 1 is 1.50 bits per heavy atom. The summed E-state index contributed by atoms with van der Waals surface area (Å²) in [6, 6.07) is 0.773. The van der Waals surface area contributed by atoms with Gasteiger partial charge in [0.25, 0.3) is 5.91 Å². The Bertz CT molecular complexity index is 695. The van der Waals surface area contributed by atoms with E-state index < -0.39 is 22.0 Å². The van der Waals surface area contributed by atoms with Gasteiger partial charge in [-0.1, -0.05) is 0 Å². The summed E-state index contributed by atoms with van der Waals surface area (Å²) in [5.41, 5.74) is 0.536. The van der Waals surface area contributed by atoms with Gasteiger partial charge in [0.15, 0.2) is 0 Å². The van der Waals surface area contributed by atoms with Crippen molar-refractivity contribution in [2.45, 2.75) is 36.9 Å². The summed E-state index contributed by atoms with van der Waals surface area (Å²) in [6.45, 7) is 4.06. The van der Waals surface area contributed by atoms with Crippen molar-refractivity contribution in [1.82, 2.24) is 4.90 Å². The molecule has 0 aromatic carbocycles. The molecule has 1 saturated heterocycles. The highest BCUT2D eigenvalue weighted by molar-refractivity contribution is 7.91. The zero-order valence-electron chi connectivity index (χ0n) is 12.4. The predicted molar refractivity (Wildman–Crippen MR) is 81.1 cm³/mol. The Morgan fingerprint density at radius 3 is 2.73 bits per heavy atom. The first-order valence-corrected chi connectivity index (χ1v) is 9.22. The van der Waals surface area contributed by atoms with E-state index in [0.717, 1.165) is 11.3 Å². The van der Waals surface area contributed by atoms with Gasteiger partial charge in [0, 0.05) is 6.54 Å². The van der Waals surface area contributed by atoms with Gasteiger partial charge in [0.05, 0.1) is 11.5 Å². The van der Waals surface area contributed by atoms with Gasteiger partial charge in [0.2, 0.25) is 10.0 Å². The van der Waals surface area contributed by atoms with Gasteiger partial charge < -0.3 is 9.64 Å². The maximum Gasteiger partial charge on any atom is 0.328 e. The van der Waals surface area contributed by atoms with Crippen LogP contribution >= 0.6 is 11.3 Å². The van der Waals surface area contributed by atoms with Gasteiger partial charge in [-0.25, -0.2) is 18.4 Å². The quantitative estimate of drug-likeness (QED) is 0.814. The van der Waals surface area contributed by atoms with Crippen molar-refractivity contribution in [3.63, 3.8) is 0 Å². The van der Waals surface area contributed by atoms with E-state index in [1.807, 2.05) is 0 Å². The van der Waals surface area contributed by atoms with E-state index in [1.165, 1.54) is 11.0 Å². The number of amides is 1. The average molecular weight is 346 g/mol. The molecular weight excluding hydrogens is 328 g/mol. The average Bonchev–Trinajstić information content (AvgIpc) is 3.03. The van der Waals surface area contributed by atoms with Crippen molar-refractivity contribution >= 4 is 33.2 Å². The molecule has 0 radical (unpaired) electrons. The molecule has 1 aliphatic heterocycles. The zero-order chi connectivity index (χ0) is 16.5. The van der Waals surface area contributed by atoms with Crippen LogP contribution in [0, 0.1) is 6.92 Å². The highest BCUT2D eigenvalue weighted by Crippen LogP contribution is 2.29. The molecule has 0 bridgehead atoms. The Morgan fingerprint density at radius 2 is 2.18 bits per heavy atom. The van der Waals surface area contributed by atoms with Crippen molar-refractivity contribution < 1.29 is 22.7 Å². The lowest BCUT2D eigenvalue weighted by Gasteiger charge is -2.22. The predicted octanol–water partition coefficient (Wildman–Crippen LogP) is 0.872. The number of ether oxygens (including phenoxy) is 1. The lowest BCUT2D eigenvalue weighted by atomic mass is 10.2. The van der Waals surface area contributed by atoms with E-state index >= 15 is 0 Å². The first-order chi connectivity index (χ1) is 10.3. The summed E-state index contributed by atoms with van der Waals surface area (Å²) in [7, 11) is -3.84. The Kier molecular flexibility index (Phi) is 4.88. The van der Waals surface area contributed by atoms with Crippen LogP contribution < -0.4 is 5.14 Å². The SMILES string of the molecule is CCOC(=O)C1CCCN1C(=O)c1sc(S(N)(=O)=O)cc1C. The first kappa shape index (κ1) is 16.9. The van der Waals surface area contributed by atoms with E-state index in [2.05, 4.69) is 0 Å². The first-order valence-electron chi connectivity index (χ1n) is 6.86. The molecular formula is C13H18N2O5S2. The molecule has 1 aliphatic rings. The normalized spacial score (nSPS) is 18.5. The molecule has 0 saturated carbocycles. The minimum Gasteiger partial charge on any atom is -0.464 e. The van der Waals surface area contributed by atoms with Crippen molar-refractivity contribution in [3.05, 3.63) is 16.5 Å². The van der Waals surface area contributed by atoms with Crippen LogP contribution in [-0.4, -0.2) is 44.4 Å². The standard InChI is InChI=1S/C13H18N2O5S2/c1-3-20-13(17)9-5-4-6-15(9)12(16)11-8(2)7-10(21-11)22(14,18)19/h7,9H,3-6H2,1-2H3,(H2,14,18,19). The summed E-state index contributed by atoms with van der Waals surface area (Å²) < 4.78 is 27.7. The second-order valence-corrected chi connectivity index (χ2v) is 7.87. The number of nitrogens with two attached hydrogens (primary N) is 1. The van der Waals surface area contributed by atoms with E-state index in [9.17, 15) is 18.0 Å². The second-order valence-electron chi connectivity index (χ2n) is 5.03. The monoisotopic (exact) mass is 346 g/mol. The molecule has 1 fully saturated rings. The van der Waals surface area contributed by atoms with E-state index in [0.29, 0.717) is 29.8 Å². The number of likely N-dealkylation sites (tertiary alicyclic amines) is 1. The molecule has 0 spiro atoms. The molecule has 2 rings (SSSR count). The van der Waals surface area contributed by atoms with Gasteiger partial charge in [-0.2, -0.15) is 0 Å². The molecule has 1 unspecified atom stereocenters. The van der Waals surface area contributed by atoms with Crippen LogP contribution in [0.2, 0.25) is 0 Å². The molecule has 1 amide bonds. The summed E-state index contributed by atoms with van der Waals surface area (Å²) in [4.78, 5) is 26.3. The highest BCUT2D eigenvalue weighted by Gasteiger charge is 2.36. The smallest absolute Gasteiger partial charge is 0.328 e. The van der Waals surface area contributed by atoms with E-state index in [4.69, 9.17) is 9.88 Å². The number of nitrogens with zero attached hydrogens (tertiary/aromatic N) is 1. The fourth-order valence-corrected chi connectivity index (χ4v) is 4.35. The molecule has 1 aromatic heterocycles. The van der Waals surface area contributed by atoms with Crippen LogP contribution in [0.15, 0.2) is 10.3 Å². The molecule has 0 aliphatic carbocycles. The number of hydrogen-bond donors (Lipinski definition) is 1. The lowest BCUT2D eigenvalue weighted by Crippen LogP contribution is -2.41. The maximum atomic E-state index is 12.6. The molecule has 9 heteroatoms. The van der Waals surface area contributed by atoms with Crippen LogP contribution in [0.4, 0.5) is 0 Å². The summed E-state index contributed by atoms with van der Waals surface area (Å²) in [5.74, 6) is -0.776. The number of esters is 1. The third-order valence-electron chi connectivity index (χ3n) is 3.44. The van der Waals surface area contributed by atoms with Crippen LogP contribution in [-0.2, 0) is 19.6 Å². The van der Waals surface area contributed by atoms with Crippen LogP contribution in [0.3, 0.4) is 0 Å². The van der Waals surface area contributed by atoms with Gasteiger partial charge in [-0.15, -0.1) is 11.3 Å². The van der Waals surface area contributed by atoms with Crippen LogP contribution in [0.25, 0.3) is 0 Å². The van der Waals surface area contributed by atoms with Gasteiger partial charge in [0.1, 0.15) is 10.3 Å². The molecule has 7 nitrogen and oxygen atoms in total. The molecule has 122 valence electrons. The second kappa shape index (κ2) is 6.35. The van der Waals surface area contributed by atoms with Gasteiger partial charge >= 0.3 is 5.97 Å². The molecule has 1 aromatic rings.